The van der Waals surface area contributed by atoms with Crippen LogP contribution in [0, 0.1) is 0 Å². The minimum Gasteiger partial charge on any atom is -0.396 e. The number of fused-ring (bicyclic) bond motifs is 1. The first-order valence-electron chi connectivity index (χ1n) is 12.0. The Kier molecular flexibility index (Phi) is 6.45. The molecule has 170 valence electrons. The fourth-order valence-corrected chi connectivity index (χ4v) is 5.11. The lowest BCUT2D eigenvalue weighted by Gasteiger charge is -2.42. The smallest absolute Gasteiger partial charge is 0.227 e. The molecule has 0 radical (unpaired) electrons. The molecule has 0 spiro atoms. The summed E-state index contributed by atoms with van der Waals surface area (Å²) in [6.45, 7) is 14.9. The highest BCUT2D eigenvalue weighted by Crippen LogP contribution is 2.46. The van der Waals surface area contributed by atoms with Crippen LogP contribution in [0.1, 0.15) is 70.9 Å². The molecule has 31 heavy (non-hydrogen) atoms. The highest BCUT2D eigenvalue weighted by Gasteiger charge is 2.37. The van der Waals surface area contributed by atoms with Crippen molar-refractivity contribution in [3.8, 4) is 11.3 Å². The van der Waals surface area contributed by atoms with Crippen LogP contribution in [0.25, 0.3) is 11.3 Å². The van der Waals surface area contributed by atoms with Crippen LogP contribution in [-0.2, 0) is 10.8 Å². The van der Waals surface area contributed by atoms with Gasteiger partial charge in [0.1, 0.15) is 5.69 Å². The van der Waals surface area contributed by atoms with Crippen LogP contribution < -0.4 is 4.90 Å². The molecular weight excluding hydrogens is 386 g/mol. The minimum absolute atomic E-state index is 0.195. The molecule has 5 heteroatoms. The zero-order chi connectivity index (χ0) is 22.1. The van der Waals surface area contributed by atoms with Gasteiger partial charge in [0, 0.05) is 44.4 Å². The third-order valence-corrected chi connectivity index (χ3v) is 7.46. The van der Waals surface area contributed by atoms with Gasteiger partial charge in [-0.2, -0.15) is 0 Å². The van der Waals surface area contributed by atoms with Crippen LogP contribution >= 0.6 is 0 Å². The van der Waals surface area contributed by atoms with Crippen LogP contribution in [0.2, 0.25) is 0 Å². The Morgan fingerprint density at radius 3 is 2.32 bits per heavy atom. The van der Waals surface area contributed by atoms with E-state index in [1.165, 1.54) is 30.4 Å². The van der Waals surface area contributed by atoms with Crippen LogP contribution in [-0.4, -0.2) is 54.5 Å². The van der Waals surface area contributed by atoms with Gasteiger partial charge in [0.05, 0.1) is 0 Å². The number of hydrogen-bond acceptors (Lipinski definition) is 5. The van der Waals surface area contributed by atoms with E-state index in [9.17, 15) is 0 Å². The SMILES string of the molecule is CC1(C)CCC(C)(C)c2cc(-c3cc(N4CCN(CCCCCO)CC4)on3)ccc21. The van der Waals surface area contributed by atoms with Gasteiger partial charge in [0.25, 0.3) is 0 Å². The molecule has 4 rings (SSSR count). The van der Waals surface area contributed by atoms with E-state index >= 15 is 0 Å². The second-order valence-corrected chi connectivity index (χ2v) is 10.7. The normalized spacial score (nSPS) is 20.6. The Labute approximate surface area is 187 Å². The van der Waals surface area contributed by atoms with Crippen molar-refractivity contribution in [2.45, 2.75) is 70.6 Å². The molecule has 1 aliphatic heterocycles. The molecule has 2 aliphatic rings. The van der Waals surface area contributed by atoms with Gasteiger partial charge < -0.3 is 14.5 Å². The summed E-state index contributed by atoms with van der Waals surface area (Å²) in [5.74, 6) is 0.882. The molecule has 0 unspecified atom stereocenters. The Morgan fingerprint density at radius 2 is 1.61 bits per heavy atom. The Balaban J connectivity index is 1.43. The number of anilines is 1. The maximum atomic E-state index is 8.92. The number of aromatic nitrogens is 1. The standard InChI is InChI=1S/C26H39N3O2/c1-25(2)10-11-26(3,4)22-18-20(8-9-21(22)25)23-19-24(31-27-23)29-15-13-28(14-16-29)12-6-5-7-17-30/h8-9,18-19,30H,5-7,10-17H2,1-4H3. The van der Waals surface area contributed by atoms with Crippen molar-refractivity contribution < 1.29 is 9.63 Å². The predicted molar refractivity (Wildman–Crippen MR) is 127 cm³/mol. The van der Waals surface area contributed by atoms with E-state index in [0.29, 0.717) is 6.61 Å². The summed E-state index contributed by atoms with van der Waals surface area (Å²) in [5, 5.41) is 13.3. The summed E-state index contributed by atoms with van der Waals surface area (Å²) >= 11 is 0. The lowest BCUT2D eigenvalue weighted by molar-refractivity contribution is 0.238. The molecule has 1 aliphatic carbocycles. The fraction of sp³-hybridized carbons (Fsp3) is 0.654. The second kappa shape index (κ2) is 8.95. The summed E-state index contributed by atoms with van der Waals surface area (Å²) in [7, 11) is 0. The zero-order valence-electron chi connectivity index (χ0n) is 19.8. The lowest BCUT2D eigenvalue weighted by atomic mass is 9.63. The van der Waals surface area contributed by atoms with E-state index in [4.69, 9.17) is 9.63 Å². The number of unbranched alkanes of at least 4 members (excludes halogenated alkanes) is 2. The van der Waals surface area contributed by atoms with Gasteiger partial charge >= 0.3 is 0 Å². The van der Waals surface area contributed by atoms with E-state index in [-0.39, 0.29) is 10.8 Å². The highest BCUT2D eigenvalue weighted by atomic mass is 16.5. The van der Waals surface area contributed by atoms with Crippen molar-refractivity contribution in [2.75, 3.05) is 44.2 Å². The predicted octanol–water partition coefficient (Wildman–Crippen LogP) is 4.98. The quantitative estimate of drug-likeness (QED) is 0.635. The molecule has 2 heterocycles. The molecule has 1 aromatic heterocycles. The summed E-state index contributed by atoms with van der Waals surface area (Å²) in [5.41, 5.74) is 5.45. The average Bonchev–Trinajstić information content (AvgIpc) is 3.25. The van der Waals surface area contributed by atoms with Crippen LogP contribution in [0.15, 0.2) is 28.8 Å². The first-order valence-corrected chi connectivity index (χ1v) is 12.0. The topological polar surface area (TPSA) is 52.7 Å². The van der Waals surface area contributed by atoms with Gasteiger partial charge in [-0.1, -0.05) is 45.0 Å². The number of aliphatic hydroxyl groups is 1. The van der Waals surface area contributed by atoms with Crippen molar-refractivity contribution in [3.05, 3.63) is 35.4 Å². The lowest BCUT2D eigenvalue weighted by Crippen LogP contribution is -2.46. The van der Waals surface area contributed by atoms with Crippen LogP contribution in [0.3, 0.4) is 0 Å². The molecule has 2 aromatic rings. The summed E-state index contributed by atoms with van der Waals surface area (Å²) < 4.78 is 5.77. The Morgan fingerprint density at radius 1 is 0.903 bits per heavy atom. The number of hydrogen-bond donors (Lipinski definition) is 1. The largest absolute Gasteiger partial charge is 0.396 e. The van der Waals surface area contributed by atoms with Crippen LogP contribution in [0.4, 0.5) is 5.88 Å². The van der Waals surface area contributed by atoms with Gasteiger partial charge in [-0.05, 0) is 66.7 Å². The third kappa shape index (κ3) is 4.83. The highest BCUT2D eigenvalue weighted by molar-refractivity contribution is 5.65. The summed E-state index contributed by atoms with van der Waals surface area (Å²) in [4.78, 5) is 4.82. The number of aliphatic hydroxyl groups excluding tert-OH is 1. The number of piperazine rings is 1. The molecule has 0 amide bonds. The van der Waals surface area contributed by atoms with E-state index in [1.54, 1.807) is 0 Å². The van der Waals surface area contributed by atoms with Gasteiger partial charge in [-0.3, -0.25) is 4.90 Å². The molecular formula is C26H39N3O2. The Hall–Kier alpha value is -1.85. The fourth-order valence-electron chi connectivity index (χ4n) is 5.11. The maximum absolute atomic E-state index is 8.92. The molecule has 0 bridgehead atoms. The molecule has 1 saturated heterocycles. The summed E-state index contributed by atoms with van der Waals surface area (Å²) in [6.07, 6.45) is 5.63. The van der Waals surface area contributed by atoms with E-state index < -0.39 is 0 Å². The first kappa shape index (κ1) is 22.3. The molecule has 1 N–H and O–H groups in total. The van der Waals surface area contributed by atoms with Gasteiger partial charge in [0.15, 0.2) is 0 Å². The monoisotopic (exact) mass is 425 g/mol. The van der Waals surface area contributed by atoms with Crippen molar-refractivity contribution in [1.29, 1.82) is 0 Å². The zero-order valence-corrected chi connectivity index (χ0v) is 19.8. The van der Waals surface area contributed by atoms with Gasteiger partial charge in [-0.25, -0.2) is 0 Å². The number of benzene rings is 1. The van der Waals surface area contributed by atoms with E-state index in [0.717, 1.165) is 62.7 Å². The average molecular weight is 426 g/mol. The van der Waals surface area contributed by atoms with Crippen molar-refractivity contribution in [1.82, 2.24) is 10.1 Å². The molecule has 1 aromatic carbocycles. The van der Waals surface area contributed by atoms with Crippen molar-refractivity contribution in [3.63, 3.8) is 0 Å². The van der Waals surface area contributed by atoms with E-state index in [2.05, 4.69) is 66.9 Å². The first-order chi connectivity index (χ1) is 14.8. The van der Waals surface area contributed by atoms with Crippen molar-refractivity contribution >= 4 is 5.88 Å². The Bertz CT molecular complexity index is 879. The molecule has 5 nitrogen and oxygen atoms in total. The minimum atomic E-state index is 0.195. The van der Waals surface area contributed by atoms with Crippen LogP contribution in [0.5, 0.6) is 0 Å². The second-order valence-electron chi connectivity index (χ2n) is 10.7. The number of nitrogens with zero attached hydrogens (tertiary/aromatic N) is 3. The molecule has 0 saturated carbocycles. The molecule has 1 fully saturated rings. The third-order valence-electron chi connectivity index (χ3n) is 7.46. The van der Waals surface area contributed by atoms with E-state index in [1.807, 2.05) is 0 Å². The maximum Gasteiger partial charge on any atom is 0.227 e. The number of rotatable bonds is 7. The molecule has 0 atom stereocenters. The summed E-state index contributed by atoms with van der Waals surface area (Å²) in [6, 6.07) is 8.99. The van der Waals surface area contributed by atoms with Crippen molar-refractivity contribution in [2.24, 2.45) is 0 Å². The van der Waals surface area contributed by atoms with Gasteiger partial charge in [0.2, 0.25) is 5.88 Å². The van der Waals surface area contributed by atoms with Gasteiger partial charge in [-0.15, -0.1) is 0 Å².